The molecule has 1 aromatic carbocycles. The SMILES string of the molecule is CC.CC.CC(C)=C/C=C/C(=O)c1ccccc1.CCCCC. The van der Waals surface area contributed by atoms with Crippen LogP contribution in [0.5, 0.6) is 0 Å². The summed E-state index contributed by atoms with van der Waals surface area (Å²) < 4.78 is 0. The number of ketones is 1. The summed E-state index contributed by atoms with van der Waals surface area (Å²) in [6.07, 6.45) is 9.36. The molecule has 1 nitrogen and oxygen atoms in total. The molecule has 0 aliphatic carbocycles. The molecule has 0 unspecified atom stereocenters. The van der Waals surface area contributed by atoms with E-state index in [1.165, 1.54) is 24.8 Å². The number of carbonyl (C=O) groups is 1. The van der Waals surface area contributed by atoms with Crippen molar-refractivity contribution in [3.63, 3.8) is 0 Å². The molecule has 0 aromatic heterocycles. The average Bonchev–Trinajstić information content (AvgIpc) is 2.60. The number of carbonyl (C=O) groups excluding carboxylic acids is 1. The molecular formula is C22H38O. The lowest BCUT2D eigenvalue weighted by molar-refractivity contribution is 0.104. The van der Waals surface area contributed by atoms with E-state index >= 15 is 0 Å². The van der Waals surface area contributed by atoms with Crippen LogP contribution in [0.15, 0.2) is 54.1 Å². The van der Waals surface area contributed by atoms with Gasteiger partial charge in [0.25, 0.3) is 0 Å². The van der Waals surface area contributed by atoms with Gasteiger partial charge in [-0.25, -0.2) is 0 Å². The fourth-order valence-corrected chi connectivity index (χ4v) is 1.38. The predicted molar refractivity (Wildman–Crippen MR) is 107 cm³/mol. The van der Waals surface area contributed by atoms with E-state index in [0.29, 0.717) is 0 Å². The summed E-state index contributed by atoms with van der Waals surface area (Å²) >= 11 is 0. The molecule has 23 heavy (non-hydrogen) atoms. The third-order valence-corrected chi connectivity index (χ3v) is 2.44. The van der Waals surface area contributed by atoms with Gasteiger partial charge in [-0.1, -0.05) is 109 Å². The molecule has 0 atom stereocenters. The highest BCUT2D eigenvalue weighted by molar-refractivity contribution is 6.04. The van der Waals surface area contributed by atoms with Crippen LogP contribution >= 0.6 is 0 Å². The molecular weight excluding hydrogens is 280 g/mol. The van der Waals surface area contributed by atoms with Gasteiger partial charge in [0.05, 0.1) is 0 Å². The van der Waals surface area contributed by atoms with Crippen molar-refractivity contribution >= 4 is 5.78 Å². The Hall–Kier alpha value is -1.63. The standard InChI is InChI=1S/C13H14O.C5H12.2C2H6/c1-11(2)7-6-10-13(14)12-8-4-3-5-9-12;1-3-5-4-2;2*1-2/h3-10H,1-2H3;3-5H2,1-2H3;2*1-2H3/b10-6+;;;. The van der Waals surface area contributed by atoms with E-state index in [1.54, 1.807) is 12.2 Å². The first kappa shape index (κ1) is 26.3. The molecule has 0 saturated carbocycles. The Morgan fingerprint density at radius 1 is 0.913 bits per heavy atom. The summed E-state index contributed by atoms with van der Waals surface area (Å²) in [6, 6.07) is 9.25. The van der Waals surface area contributed by atoms with Crippen LogP contribution in [0.3, 0.4) is 0 Å². The molecule has 0 radical (unpaired) electrons. The summed E-state index contributed by atoms with van der Waals surface area (Å²) in [4.78, 5) is 11.5. The van der Waals surface area contributed by atoms with Crippen molar-refractivity contribution in [1.82, 2.24) is 0 Å². The van der Waals surface area contributed by atoms with E-state index in [0.717, 1.165) is 5.56 Å². The van der Waals surface area contributed by atoms with Crippen molar-refractivity contribution in [3.05, 3.63) is 59.7 Å². The molecule has 1 heteroatoms. The number of hydrogen-bond acceptors (Lipinski definition) is 1. The zero-order chi connectivity index (χ0) is 18.5. The average molecular weight is 319 g/mol. The molecule has 0 N–H and O–H groups in total. The Morgan fingerprint density at radius 3 is 1.74 bits per heavy atom. The van der Waals surface area contributed by atoms with Crippen molar-refractivity contribution in [2.24, 2.45) is 0 Å². The van der Waals surface area contributed by atoms with Gasteiger partial charge < -0.3 is 0 Å². The van der Waals surface area contributed by atoms with Crippen LogP contribution in [0.2, 0.25) is 0 Å². The smallest absolute Gasteiger partial charge is 0.185 e. The largest absolute Gasteiger partial charge is 0.289 e. The van der Waals surface area contributed by atoms with E-state index in [2.05, 4.69) is 13.8 Å². The second-order valence-electron chi connectivity index (χ2n) is 4.69. The van der Waals surface area contributed by atoms with E-state index in [9.17, 15) is 4.79 Å². The van der Waals surface area contributed by atoms with Crippen LogP contribution in [0.25, 0.3) is 0 Å². The Bertz CT molecular complexity index is 393. The molecule has 0 fully saturated rings. The number of hydrogen-bond donors (Lipinski definition) is 0. The minimum Gasteiger partial charge on any atom is -0.289 e. The van der Waals surface area contributed by atoms with Gasteiger partial charge >= 0.3 is 0 Å². The van der Waals surface area contributed by atoms with Crippen LogP contribution in [0.4, 0.5) is 0 Å². The molecule has 1 rings (SSSR count). The molecule has 0 aliphatic heterocycles. The van der Waals surface area contributed by atoms with Crippen LogP contribution in [0.1, 0.15) is 85.0 Å². The van der Waals surface area contributed by atoms with Gasteiger partial charge in [-0.15, -0.1) is 0 Å². The van der Waals surface area contributed by atoms with Crippen molar-refractivity contribution < 1.29 is 4.79 Å². The van der Waals surface area contributed by atoms with Crippen LogP contribution < -0.4 is 0 Å². The maximum absolute atomic E-state index is 11.5. The minimum atomic E-state index is 0.0445. The van der Waals surface area contributed by atoms with Gasteiger partial charge in [0, 0.05) is 5.56 Å². The monoisotopic (exact) mass is 318 g/mol. The fourth-order valence-electron chi connectivity index (χ4n) is 1.38. The molecule has 0 spiro atoms. The number of benzene rings is 1. The summed E-state index contributed by atoms with van der Waals surface area (Å²) in [5.74, 6) is 0.0445. The Labute approximate surface area is 145 Å². The summed E-state index contributed by atoms with van der Waals surface area (Å²) in [5, 5.41) is 0. The maximum atomic E-state index is 11.5. The summed E-state index contributed by atoms with van der Waals surface area (Å²) in [5.41, 5.74) is 1.91. The van der Waals surface area contributed by atoms with Gasteiger partial charge in [-0.2, -0.15) is 0 Å². The normalized spacial score (nSPS) is 8.52. The van der Waals surface area contributed by atoms with Gasteiger partial charge in [-0.3, -0.25) is 4.79 Å². The van der Waals surface area contributed by atoms with Crippen LogP contribution in [-0.4, -0.2) is 5.78 Å². The third kappa shape index (κ3) is 20.4. The first-order chi connectivity index (χ1) is 11.1. The lowest BCUT2D eigenvalue weighted by Gasteiger charge is -1.92. The molecule has 132 valence electrons. The predicted octanol–water partition coefficient (Wildman–Crippen LogP) is 7.64. The first-order valence-electron chi connectivity index (χ1n) is 9.02. The number of rotatable bonds is 5. The van der Waals surface area contributed by atoms with E-state index in [4.69, 9.17) is 0 Å². The second kappa shape index (κ2) is 22.6. The van der Waals surface area contributed by atoms with Crippen LogP contribution in [-0.2, 0) is 0 Å². The lowest BCUT2D eigenvalue weighted by Crippen LogP contribution is -1.92. The highest BCUT2D eigenvalue weighted by Gasteiger charge is 1.97. The molecule has 0 saturated heterocycles. The molecule has 0 aliphatic rings. The van der Waals surface area contributed by atoms with E-state index < -0.39 is 0 Å². The number of allylic oxidation sites excluding steroid dienone is 4. The Kier molecular flexibility index (Phi) is 25.9. The quantitative estimate of drug-likeness (QED) is 0.309. The molecule has 0 bridgehead atoms. The van der Waals surface area contributed by atoms with Crippen molar-refractivity contribution in [1.29, 1.82) is 0 Å². The summed E-state index contributed by atoms with van der Waals surface area (Å²) in [6.45, 7) is 16.4. The van der Waals surface area contributed by atoms with E-state index in [1.807, 2.05) is 78.0 Å². The van der Waals surface area contributed by atoms with Crippen molar-refractivity contribution in [2.75, 3.05) is 0 Å². The highest BCUT2D eigenvalue weighted by atomic mass is 16.1. The van der Waals surface area contributed by atoms with Gasteiger partial charge in [-0.05, 0) is 19.9 Å². The fraction of sp³-hybridized carbons (Fsp3) is 0.500. The molecule has 0 heterocycles. The lowest BCUT2D eigenvalue weighted by atomic mass is 10.1. The zero-order valence-electron chi connectivity index (χ0n) is 16.6. The topological polar surface area (TPSA) is 17.1 Å². The summed E-state index contributed by atoms with van der Waals surface area (Å²) in [7, 11) is 0. The first-order valence-corrected chi connectivity index (χ1v) is 9.02. The number of unbranched alkanes of at least 4 members (excludes halogenated alkanes) is 2. The highest BCUT2D eigenvalue weighted by Crippen LogP contribution is 2.01. The van der Waals surface area contributed by atoms with Crippen molar-refractivity contribution in [3.8, 4) is 0 Å². The Morgan fingerprint density at radius 2 is 1.39 bits per heavy atom. The van der Waals surface area contributed by atoms with Gasteiger partial charge in [0.15, 0.2) is 5.78 Å². The zero-order valence-corrected chi connectivity index (χ0v) is 16.6. The van der Waals surface area contributed by atoms with E-state index in [-0.39, 0.29) is 5.78 Å². The third-order valence-electron chi connectivity index (χ3n) is 2.44. The second-order valence-corrected chi connectivity index (χ2v) is 4.69. The molecule has 1 aromatic rings. The van der Waals surface area contributed by atoms with Crippen molar-refractivity contribution in [2.45, 2.75) is 74.7 Å². The van der Waals surface area contributed by atoms with Gasteiger partial charge in [0.1, 0.15) is 0 Å². The maximum Gasteiger partial charge on any atom is 0.185 e. The van der Waals surface area contributed by atoms with Gasteiger partial charge in [0.2, 0.25) is 0 Å². The molecule has 0 amide bonds. The minimum absolute atomic E-state index is 0.0445. The Balaban J connectivity index is -0.000000375. The van der Waals surface area contributed by atoms with Crippen LogP contribution in [0, 0.1) is 0 Å².